The number of nitriles is 1. The van der Waals surface area contributed by atoms with Crippen LogP contribution in [0.1, 0.15) is 54.5 Å². The Hall–Kier alpha value is -3.02. The van der Waals surface area contributed by atoms with Crippen molar-refractivity contribution in [3.05, 3.63) is 64.1 Å². The second-order valence-electron chi connectivity index (χ2n) is 9.09. The number of aromatic nitrogens is 4. The molecule has 1 saturated heterocycles. The molecule has 0 unspecified atom stereocenters. The van der Waals surface area contributed by atoms with Crippen LogP contribution in [0.5, 0.6) is 0 Å². The quantitative estimate of drug-likeness (QED) is 0.580. The minimum absolute atomic E-state index is 0.159. The van der Waals surface area contributed by atoms with Crippen LogP contribution < -0.4 is 4.90 Å². The number of hydrogen-bond acceptors (Lipinski definition) is 6. The fraction of sp³-hybridized carbons (Fsp3) is 0.417. The molecule has 0 N–H and O–H groups in total. The van der Waals surface area contributed by atoms with Gasteiger partial charge in [-0.05, 0) is 61.6 Å². The highest BCUT2D eigenvalue weighted by Crippen LogP contribution is 2.37. The zero-order valence-corrected chi connectivity index (χ0v) is 18.8. The van der Waals surface area contributed by atoms with E-state index in [4.69, 9.17) is 16.9 Å². The summed E-state index contributed by atoms with van der Waals surface area (Å²) in [5, 5.41) is 19.1. The number of piperidine rings is 1. The van der Waals surface area contributed by atoms with Gasteiger partial charge in [-0.25, -0.2) is 9.37 Å². The lowest BCUT2D eigenvalue weighted by atomic mass is 9.95. The smallest absolute Gasteiger partial charge is 0.178 e. The first-order valence-corrected chi connectivity index (χ1v) is 11.8. The molecular formula is C24H23ClFN7. The van der Waals surface area contributed by atoms with Crippen LogP contribution in [0.2, 0.25) is 5.02 Å². The molecule has 168 valence electrons. The molecule has 0 spiro atoms. The zero-order valence-electron chi connectivity index (χ0n) is 18.1. The molecule has 0 amide bonds. The van der Waals surface area contributed by atoms with Gasteiger partial charge < -0.3 is 4.90 Å². The number of pyridine rings is 1. The van der Waals surface area contributed by atoms with E-state index in [1.54, 1.807) is 6.07 Å². The summed E-state index contributed by atoms with van der Waals surface area (Å²) in [6.45, 7) is 3.19. The maximum Gasteiger partial charge on any atom is 0.178 e. The summed E-state index contributed by atoms with van der Waals surface area (Å²) in [5.41, 5.74) is 2.18. The maximum absolute atomic E-state index is 13.7. The summed E-state index contributed by atoms with van der Waals surface area (Å²) in [6.07, 6.45) is 4.24. The molecule has 2 fully saturated rings. The number of benzene rings is 1. The van der Waals surface area contributed by atoms with E-state index in [9.17, 15) is 4.39 Å². The third kappa shape index (κ3) is 3.75. The fourth-order valence-corrected chi connectivity index (χ4v) is 5.26. The second-order valence-corrected chi connectivity index (χ2v) is 9.53. The predicted octanol–water partition coefficient (Wildman–Crippen LogP) is 4.19. The van der Waals surface area contributed by atoms with E-state index < -0.39 is 5.82 Å². The average Bonchev–Trinajstić information content (AvgIpc) is 3.62. The van der Waals surface area contributed by atoms with Crippen molar-refractivity contribution in [2.45, 2.75) is 50.7 Å². The number of fused-ring (bicyclic) bond motifs is 3. The summed E-state index contributed by atoms with van der Waals surface area (Å²) >= 11 is 6.35. The molecule has 7 nitrogen and oxygen atoms in total. The second kappa shape index (κ2) is 8.08. The fourth-order valence-electron chi connectivity index (χ4n) is 5.07. The third-order valence-corrected chi connectivity index (χ3v) is 7.18. The lowest BCUT2D eigenvalue weighted by molar-refractivity contribution is 0.243. The van der Waals surface area contributed by atoms with Crippen LogP contribution in [0.15, 0.2) is 30.3 Å². The molecular weight excluding hydrogens is 441 g/mol. The molecule has 4 heterocycles. The Morgan fingerprint density at radius 3 is 2.61 bits per heavy atom. The Balaban J connectivity index is 1.28. The molecule has 0 radical (unpaired) electrons. The van der Waals surface area contributed by atoms with Gasteiger partial charge in [0.05, 0.1) is 12.2 Å². The highest BCUT2D eigenvalue weighted by Gasteiger charge is 2.35. The van der Waals surface area contributed by atoms with Gasteiger partial charge >= 0.3 is 0 Å². The molecule has 2 aromatic heterocycles. The summed E-state index contributed by atoms with van der Waals surface area (Å²) in [6, 6.07) is 11.5. The van der Waals surface area contributed by atoms with Crippen LogP contribution in [0.25, 0.3) is 5.69 Å². The minimum Gasteiger partial charge on any atom is -0.357 e. The number of nitrogens with zero attached hydrogens (tertiary/aromatic N) is 7. The largest absolute Gasteiger partial charge is 0.357 e. The van der Waals surface area contributed by atoms with E-state index in [2.05, 4.69) is 41.7 Å². The Morgan fingerprint density at radius 2 is 1.85 bits per heavy atom. The molecule has 1 aliphatic carbocycles. The minimum atomic E-state index is -0.582. The molecule has 3 aliphatic rings. The molecule has 9 heteroatoms. The molecule has 0 atom stereocenters. The molecule has 3 aromatic rings. The number of anilines is 1. The van der Waals surface area contributed by atoms with Crippen molar-refractivity contribution in [2.24, 2.45) is 0 Å². The lowest BCUT2D eigenvalue weighted by Gasteiger charge is -2.32. The molecule has 1 aromatic carbocycles. The van der Waals surface area contributed by atoms with Crippen molar-refractivity contribution in [3.8, 4) is 11.8 Å². The van der Waals surface area contributed by atoms with Gasteiger partial charge in [0, 0.05) is 36.6 Å². The average molecular weight is 464 g/mol. The monoisotopic (exact) mass is 463 g/mol. The normalized spacial score (nSPS) is 19.0. The van der Waals surface area contributed by atoms with Crippen molar-refractivity contribution in [1.29, 1.82) is 5.26 Å². The lowest BCUT2D eigenvalue weighted by Crippen LogP contribution is -2.34. The molecule has 6 rings (SSSR count). The van der Waals surface area contributed by atoms with Gasteiger partial charge in [0.1, 0.15) is 17.7 Å². The van der Waals surface area contributed by atoms with E-state index in [-0.39, 0.29) is 11.6 Å². The van der Waals surface area contributed by atoms with Crippen LogP contribution in [0, 0.1) is 17.1 Å². The molecule has 0 bridgehead atoms. The Morgan fingerprint density at radius 1 is 1.03 bits per heavy atom. The number of halogens is 2. The maximum atomic E-state index is 13.7. The Kier molecular flexibility index (Phi) is 5.04. The zero-order chi connectivity index (χ0) is 22.5. The van der Waals surface area contributed by atoms with E-state index in [1.807, 2.05) is 12.1 Å². The van der Waals surface area contributed by atoms with Crippen LogP contribution >= 0.6 is 11.6 Å². The van der Waals surface area contributed by atoms with E-state index in [1.165, 1.54) is 24.5 Å². The van der Waals surface area contributed by atoms with Gasteiger partial charge in [-0.15, -0.1) is 10.2 Å². The Labute approximate surface area is 196 Å². The first kappa shape index (κ1) is 20.6. The van der Waals surface area contributed by atoms with Crippen molar-refractivity contribution in [2.75, 3.05) is 18.0 Å². The van der Waals surface area contributed by atoms with Gasteiger partial charge in [0.25, 0.3) is 0 Å². The summed E-state index contributed by atoms with van der Waals surface area (Å²) in [4.78, 5) is 8.79. The summed E-state index contributed by atoms with van der Waals surface area (Å²) in [5.74, 6) is 2.30. The number of hydrogen-bond donors (Lipinski definition) is 0. The third-order valence-electron chi connectivity index (χ3n) is 6.94. The van der Waals surface area contributed by atoms with Gasteiger partial charge in [-0.1, -0.05) is 11.6 Å². The van der Waals surface area contributed by atoms with Gasteiger partial charge in [0.2, 0.25) is 0 Å². The van der Waals surface area contributed by atoms with Crippen LogP contribution in [-0.2, 0) is 13.1 Å². The summed E-state index contributed by atoms with van der Waals surface area (Å²) < 4.78 is 15.9. The van der Waals surface area contributed by atoms with Crippen LogP contribution in [-0.4, -0.2) is 43.8 Å². The van der Waals surface area contributed by atoms with E-state index in [0.717, 1.165) is 61.4 Å². The van der Waals surface area contributed by atoms with Gasteiger partial charge in [0.15, 0.2) is 17.3 Å². The predicted molar refractivity (Wildman–Crippen MR) is 122 cm³/mol. The topological polar surface area (TPSA) is 73.9 Å². The van der Waals surface area contributed by atoms with Gasteiger partial charge in [-0.3, -0.25) is 9.47 Å². The van der Waals surface area contributed by atoms with Crippen molar-refractivity contribution in [1.82, 2.24) is 24.6 Å². The van der Waals surface area contributed by atoms with Crippen LogP contribution in [0.3, 0.4) is 0 Å². The molecule has 2 aliphatic heterocycles. The first-order valence-electron chi connectivity index (χ1n) is 11.4. The Bertz CT molecular complexity index is 1250. The SMILES string of the molecule is N#Cc1nc(N2CCC(c3nnc4n3-c3ccc(Cl)cc3CN(C3CC3)C4)CC2)ccc1F. The number of rotatable bonds is 3. The van der Waals surface area contributed by atoms with E-state index >= 15 is 0 Å². The van der Waals surface area contributed by atoms with Crippen molar-refractivity contribution < 1.29 is 4.39 Å². The standard InChI is InChI=1S/C24H23ClFN7/c25-17-1-5-21-16(11-17)13-32(18-2-3-18)14-23-29-30-24(33(21)23)15-7-9-31(10-8-15)22-6-4-19(26)20(12-27)28-22/h1,4-6,11,15,18H,2-3,7-10,13-14H2. The molecule has 1 saturated carbocycles. The van der Waals surface area contributed by atoms with Gasteiger partial charge in [-0.2, -0.15) is 5.26 Å². The molecule has 33 heavy (non-hydrogen) atoms. The highest BCUT2D eigenvalue weighted by molar-refractivity contribution is 6.30. The van der Waals surface area contributed by atoms with E-state index in [0.29, 0.717) is 11.9 Å². The van der Waals surface area contributed by atoms with Crippen molar-refractivity contribution >= 4 is 17.4 Å². The first-order chi connectivity index (χ1) is 16.1. The van der Waals surface area contributed by atoms with Crippen LogP contribution in [0.4, 0.5) is 10.2 Å². The van der Waals surface area contributed by atoms with Crippen molar-refractivity contribution in [3.63, 3.8) is 0 Å². The summed E-state index contributed by atoms with van der Waals surface area (Å²) in [7, 11) is 0. The highest BCUT2D eigenvalue weighted by atomic mass is 35.5.